The summed E-state index contributed by atoms with van der Waals surface area (Å²) in [5, 5.41) is 35.2. The normalized spacial score (nSPS) is 55.5. The van der Waals surface area contributed by atoms with Crippen LogP contribution in [-0.4, -0.2) is 57.2 Å². The van der Waals surface area contributed by atoms with Crippen molar-refractivity contribution in [1.82, 2.24) is 0 Å². The lowest BCUT2D eigenvalue weighted by molar-refractivity contribution is -0.190. The van der Waals surface area contributed by atoms with E-state index in [-0.39, 0.29) is 0 Å². The van der Waals surface area contributed by atoms with Crippen LogP contribution in [0.1, 0.15) is 0 Å². The van der Waals surface area contributed by atoms with Gasteiger partial charge in [0.15, 0.2) is 12.3 Å². The van der Waals surface area contributed by atoms with Crippen LogP contribution in [0.25, 0.3) is 0 Å². The molecule has 0 bridgehead atoms. The van der Waals surface area contributed by atoms with Crippen molar-refractivity contribution in [2.45, 2.75) is 36.8 Å². The summed E-state index contributed by atoms with van der Waals surface area (Å²) < 4.78 is 25.2. The molecule has 1 fully saturated rings. The molecule has 0 radical (unpaired) electrons. The SMILES string of the molecule is O[C@@H]1[C@@H](O)[C@H](O)[C@H](F)[C@H](F)[C@H]1O. The summed E-state index contributed by atoms with van der Waals surface area (Å²) in [6.45, 7) is 0. The summed E-state index contributed by atoms with van der Waals surface area (Å²) in [7, 11) is 0. The van der Waals surface area contributed by atoms with Gasteiger partial charge in [0, 0.05) is 0 Å². The highest BCUT2D eigenvalue weighted by molar-refractivity contribution is 4.98. The van der Waals surface area contributed by atoms with E-state index in [9.17, 15) is 8.78 Å². The molecule has 6 atom stereocenters. The zero-order valence-electron chi connectivity index (χ0n) is 6.01. The molecule has 6 heteroatoms. The molecule has 1 aliphatic rings. The Morgan fingerprint density at radius 3 is 1.08 bits per heavy atom. The molecular formula is C6H10F2O4. The Hall–Kier alpha value is -0.300. The van der Waals surface area contributed by atoms with Gasteiger partial charge in [-0.05, 0) is 0 Å². The highest BCUT2D eigenvalue weighted by Gasteiger charge is 2.49. The van der Waals surface area contributed by atoms with Crippen molar-refractivity contribution in [2.75, 3.05) is 0 Å². The van der Waals surface area contributed by atoms with Gasteiger partial charge in [-0.25, -0.2) is 8.78 Å². The molecule has 0 heterocycles. The van der Waals surface area contributed by atoms with Gasteiger partial charge in [-0.2, -0.15) is 0 Å². The molecule has 0 amide bonds. The summed E-state index contributed by atoms with van der Waals surface area (Å²) in [6.07, 6.45) is -12.4. The Morgan fingerprint density at radius 1 is 0.583 bits per heavy atom. The lowest BCUT2D eigenvalue weighted by atomic mass is 9.87. The fourth-order valence-electron chi connectivity index (χ4n) is 1.16. The molecule has 12 heavy (non-hydrogen) atoms. The first-order valence-electron chi connectivity index (χ1n) is 3.47. The van der Waals surface area contributed by atoms with Crippen LogP contribution >= 0.6 is 0 Å². The lowest BCUT2D eigenvalue weighted by Crippen LogP contribution is -2.60. The van der Waals surface area contributed by atoms with Gasteiger partial charge in [0.05, 0.1) is 0 Å². The third-order valence-electron chi connectivity index (χ3n) is 2.01. The third kappa shape index (κ3) is 1.31. The Balaban J connectivity index is 2.76. The van der Waals surface area contributed by atoms with E-state index in [2.05, 4.69) is 0 Å². The predicted molar refractivity (Wildman–Crippen MR) is 33.8 cm³/mol. The van der Waals surface area contributed by atoms with Crippen molar-refractivity contribution in [3.05, 3.63) is 0 Å². The van der Waals surface area contributed by atoms with E-state index in [0.29, 0.717) is 0 Å². The molecule has 0 spiro atoms. The monoisotopic (exact) mass is 184 g/mol. The molecule has 72 valence electrons. The molecule has 0 aliphatic heterocycles. The number of rotatable bonds is 0. The molecule has 0 aromatic carbocycles. The standard InChI is InChI=1S/C6H10F2O4/c7-1-2(8)4(10)6(12)5(11)3(1)9/h1-6,9-12H/t1-,2+,3-,4-,5+,6+/m1/s1. The van der Waals surface area contributed by atoms with Crippen molar-refractivity contribution in [3.63, 3.8) is 0 Å². The molecule has 0 unspecified atom stereocenters. The smallest absolute Gasteiger partial charge is 0.162 e. The molecule has 1 aliphatic carbocycles. The molecule has 1 saturated carbocycles. The Morgan fingerprint density at radius 2 is 0.833 bits per heavy atom. The summed E-state index contributed by atoms with van der Waals surface area (Å²) in [5.74, 6) is 0. The molecule has 4 N–H and O–H groups in total. The number of aliphatic hydroxyl groups is 4. The van der Waals surface area contributed by atoms with Crippen molar-refractivity contribution in [1.29, 1.82) is 0 Å². The van der Waals surface area contributed by atoms with Crippen molar-refractivity contribution in [2.24, 2.45) is 0 Å². The summed E-state index contributed by atoms with van der Waals surface area (Å²) in [5.41, 5.74) is 0. The number of aliphatic hydroxyl groups excluding tert-OH is 4. The van der Waals surface area contributed by atoms with Crippen LogP contribution in [-0.2, 0) is 0 Å². The van der Waals surface area contributed by atoms with Crippen LogP contribution in [0.5, 0.6) is 0 Å². The maximum atomic E-state index is 12.6. The summed E-state index contributed by atoms with van der Waals surface area (Å²) in [6, 6.07) is 0. The van der Waals surface area contributed by atoms with Gasteiger partial charge in [0.2, 0.25) is 0 Å². The van der Waals surface area contributed by atoms with Crippen LogP contribution < -0.4 is 0 Å². The second-order valence-corrected chi connectivity index (χ2v) is 2.85. The van der Waals surface area contributed by atoms with Crippen LogP contribution in [0.3, 0.4) is 0 Å². The Kier molecular flexibility index (Phi) is 2.62. The highest BCUT2D eigenvalue weighted by atomic mass is 19.2. The van der Waals surface area contributed by atoms with E-state index in [0.717, 1.165) is 0 Å². The van der Waals surface area contributed by atoms with Crippen LogP contribution in [0.4, 0.5) is 8.78 Å². The van der Waals surface area contributed by atoms with Gasteiger partial charge in [0.25, 0.3) is 0 Å². The largest absolute Gasteiger partial charge is 0.387 e. The van der Waals surface area contributed by atoms with E-state index in [1.54, 1.807) is 0 Å². The first kappa shape index (κ1) is 9.79. The van der Waals surface area contributed by atoms with Gasteiger partial charge in [-0.1, -0.05) is 0 Å². The lowest BCUT2D eigenvalue weighted by Gasteiger charge is -2.36. The minimum Gasteiger partial charge on any atom is -0.387 e. The zero-order valence-corrected chi connectivity index (χ0v) is 6.01. The Bertz CT molecular complexity index is 109. The molecule has 0 aromatic rings. The minimum atomic E-state index is -2.36. The van der Waals surface area contributed by atoms with Crippen LogP contribution in [0.2, 0.25) is 0 Å². The fraction of sp³-hybridized carbons (Fsp3) is 1.00. The van der Waals surface area contributed by atoms with Crippen LogP contribution in [0, 0.1) is 0 Å². The van der Waals surface area contributed by atoms with Gasteiger partial charge in [0.1, 0.15) is 24.4 Å². The van der Waals surface area contributed by atoms with E-state index in [1.807, 2.05) is 0 Å². The average molecular weight is 184 g/mol. The fourth-order valence-corrected chi connectivity index (χ4v) is 1.16. The van der Waals surface area contributed by atoms with E-state index in [1.165, 1.54) is 0 Å². The number of halogens is 2. The second-order valence-electron chi connectivity index (χ2n) is 2.85. The van der Waals surface area contributed by atoms with Crippen molar-refractivity contribution < 1.29 is 29.2 Å². The van der Waals surface area contributed by atoms with Gasteiger partial charge in [-0.15, -0.1) is 0 Å². The zero-order chi connectivity index (χ0) is 9.46. The number of hydrogen-bond acceptors (Lipinski definition) is 4. The summed E-state index contributed by atoms with van der Waals surface area (Å²) >= 11 is 0. The summed E-state index contributed by atoms with van der Waals surface area (Å²) in [4.78, 5) is 0. The predicted octanol–water partition coefficient (Wildman–Crippen LogP) is -1.88. The average Bonchev–Trinajstić information content (AvgIpc) is 2.08. The van der Waals surface area contributed by atoms with Gasteiger partial charge >= 0.3 is 0 Å². The first-order valence-corrected chi connectivity index (χ1v) is 3.47. The van der Waals surface area contributed by atoms with Crippen molar-refractivity contribution >= 4 is 0 Å². The van der Waals surface area contributed by atoms with E-state index < -0.39 is 36.8 Å². The molecular weight excluding hydrogens is 174 g/mol. The number of hydrogen-bond donors (Lipinski definition) is 4. The van der Waals surface area contributed by atoms with Gasteiger partial charge in [-0.3, -0.25) is 0 Å². The third-order valence-corrected chi connectivity index (χ3v) is 2.01. The molecule has 0 saturated heterocycles. The van der Waals surface area contributed by atoms with Crippen molar-refractivity contribution in [3.8, 4) is 0 Å². The molecule has 0 aromatic heterocycles. The molecule has 1 rings (SSSR count). The maximum absolute atomic E-state index is 12.6. The molecule has 4 nitrogen and oxygen atoms in total. The van der Waals surface area contributed by atoms with Crippen LogP contribution in [0.15, 0.2) is 0 Å². The maximum Gasteiger partial charge on any atom is 0.162 e. The van der Waals surface area contributed by atoms with Gasteiger partial charge < -0.3 is 20.4 Å². The topological polar surface area (TPSA) is 80.9 Å². The second kappa shape index (κ2) is 3.21. The van der Waals surface area contributed by atoms with E-state index >= 15 is 0 Å². The number of alkyl halides is 2. The minimum absolute atomic E-state index is 1.85. The Labute approximate surface area is 67.1 Å². The first-order chi connectivity index (χ1) is 5.46. The quantitative estimate of drug-likeness (QED) is 0.355. The van der Waals surface area contributed by atoms with E-state index in [4.69, 9.17) is 20.4 Å². The highest BCUT2D eigenvalue weighted by Crippen LogP contribution is 2.25.